The fourth-order valence-electron chi connectivity index (χ4n) is 2.44. The Morgan fingerprint density at radius 2 is 1.90 bits per heavy atom. The quantitative estimate of drug-likeness (QED) is 0.594. The van der Waals surface area contributed by atoms with Gasteiger partial charge in [0, 0.05) is 12.6 Å². The first-order valence-corrected chi connectivity index (χ1v) is 8.68. The average molecular weight is 428 g/mol. The first-order chi connectivity index (χ1) is 13.7. The number of hydrogen-bond donors (Lipinski definition) is 1. The fourth-order valence-corrected chi connectivity index (χ4v) is 2.66. The summed E-state index contributed by atoms with van der Waals surface area (Å²) in [4.78, 5) is 12.0. The second-order valence-electron chi connectivity index (χ2n) is 5.92. The highest BCUT2D eigenvalue weighted by molar-refractivity contribution is 6.32. The smallest absolute Gasteiger partial charge is 0.435 e. The van der Waals surface area contributed by atoms with E-state index >= 15 is 0 Å². The number of aromatic nitrogens is 2. The molecule has 0 saturated carbocycles. The molecular weight excluding hydrogens is 414 g/mol. The molecule has 0 aliphatic rings. The zero-order chi connectivity index (χ0) is 21.0. The number of alkyl halides is 3. The van der Waals surface area contributed by atoms with Crippen LogP contribution in [0, 0.1) is 5.82 Å². The van der Waals surface area contributed by atoms with Gasteiger partial charge in [0.1, 0.15) is 5.82 Å². The van der Waals surface area contributed by atoms with Crippen molar-refractivity contribution in [3.63, 3.8) is 0 Å². The van der Waals surface area contributed by atoms with Crippen LogP contribution in [0.25, 0.3) is 5.69 Å². The summed E-state index contributed by atoms with van der Waals surface area (Å²) in [6, 6.07) is 12.5. The van der Waals surface area contributed by atoms with Gasteiger partial charge in [0.25, 0.3) is 5.91 Å². The molecule has 0 atom stereocenters. The summed E-state index contributed by atoms with van der Waals surface area (Å²) < 4.78 is 58.5. The van der Waals surface area contributed by atoms with Crippen LogP contribution in [0.2, 0.25) is 5.02 Å². The predicted molar refractivity (Wildman–Crippen MR) is 97.3 cm³/mol. The first kappa shape index (κ1) is 20.7. The topological polar surface area (TPSA) is 56.1 Å². The molecule has 5 nitrogen and oxygen atoms in total. The molecule has 0 fully saturated rings. The molecule has 0 bridgehead atoms. The SMILES string of the molecule is O=C(COc1cc(C(F)(F)F)nn1-c1ccccc1Cl)NCc1cccc(F)c1. The number of hydrogen-bond acceptors (Lipinski definition) is 3. The van der Waals surface area contributed by atoms with Gasteiger partial charge in [-0.2, -0.15) is 23.0 Å². The number of amides is 1. The van der Waals surface area contributed by atoms with Gasteiger partial charge >= 0.3 is 6.18 Å². The third-order valence-corrected chi connectivity index (χ3v) is 4.10. The van der Waals surface area contributed by atoms with Gasteiger partial charge < -0.3 is 10.1 Å². The first-order valence-electron chi connectivity index (χ1n) is 8.30. The van der Waals surface area contributed by atoms with Crippen LogP contribution in [0.15, 0.2) is 54.6 Å². The lowest BCUT2D eigenvalue weighted by molar-refractivity contribution is -0.141. The molecule has 1 heterocycles. The van der Waals surface area contributed by atoms with E-state index in [-0.39, 0.29) is 23.1 Å². The fraction of sp³-hybridized carbons (Fsp3) is 0.158. The molecule has 0 spiro atoms. The minimum Gasteiger partial charge on any atom is -0.467 e. The number of para-hydroxylation sites is 1. The van der Waals surface area contributed by atoms with Gasteiger partial charge in [-0.25, -0.2) is 4.39 Å². The minimum atomic E-state index is -4.70. The molecule has 10 heteroatoms. The lowest BCUT2D eigenvalue weighted by Crippen LogP contribution is -2.28. The molecule has 152 valence electrons. The summed E-state index contributed by atoms with van der Waals surface area (Å²) in [7, 11) is 0. The summed E-state index contributed by atoms with van der Waals surface area (Å²) in [6.45, 7) is -0.527. The van der Waals surface area contributed by atoms with Crippen molar-refractivity contribution in [2.45, 2.75) is 12.7 Å². The van der Waals surface area contributed by atoms with Crippen molar-refractivity contribution in [2.24, 2.45) is 0 Å². The number of rotatable bonds is 6. The highest BCUT2D eigenvalue weighted by atomic mass is 35.5. The molecule has 0 unspecified atom stereocenters. The van der Waals surface area contributed by atoms with Crippen molar-refractivity contribution in [1.29, 1.82) is 0 Å². The van der Waals surface area contributed by atoms with Crippen molar-refractivity contribution in [1.82, 2.24) is 15.1 Å². The van der Waals surface area contributed by atoms with E-state index in [4.69, 9.17) is 16.3 Å². The van der Waals surface area contributed by atoms with E-state index in [1.54, 1.807) is 18.2 Å². The number of ether oxygens (including phenoxy) is 1. The van der Waals surface area contributed by atoms with E-state index in [1.807, 2.05) is 0 Å². The van der Waals surface area contributed by atoms with Crippen molar-refractivity contribution < 1.29 is 27.1 Å². The maximum atomic E-state index is 13.1. The Hall–Kier alpha value is -3.07. The number of carbonyl (C=O) groups excluding carboxylic acids is 1. The zero-order valence-electron chi connectivity index (χ0n) is 14.7. The lowest BCUT2D eigenvalue weighted by atomic mass is 10.2. The van der Waals surface area contributed by atoms with E-state index in [2.05, 4.69) is 10.4 Å². The third kappa shape index (κ3) is 5.26. The maximum absolute atomic E-state index is 13.1. The lowest BCUT2D eigenvalue weighted by Gasteiger charge is -2.10. The van der Waals surface area contributed by atoms with Crippen LogP contribution in [0.5, 0.6) is 5.88 Å². The van der Waals surface area contributed by atoms with Crippen LogP contribution in [-0.4, -0.2) is 22.3 Å². The number of halogens is 5. The van der Waals surface area contributed by atoms with Gasteiger partial charge in [-0.15, -0.1) is 0 Å². The summed E-state index contributed by atoms with van der Waals surface area (Å²) in [6.07, 6.45) is -4.70. The Kier molecular flexibility index (Phi) is 6.07. The van der Waals surface area contributed by atoms with E-state index in [0.717, 1.165) is 4.68 Å². The molecule has 1 N–H and O–H groups in total. The Balaban J connectivity index is 1.73. The number of benzene rings is 2. The van der Waals surface area contributed by atoms with Gasteiger partial charge in [-0.1, -0.05) is 35.9 Å². The molecule has 1 aromatic heterocycles. The van der Waals surface area contributed by atoms with Crippen molar-refractivity contribution in [3.05, 3.63) is 76.7 Å². The van der Waals surface area contributed by atoms with Crippen LogP contribution in [0.4, 0.5) is 17.6 Å². The molecule has 3 aromatic rings. The van der Waals surface area contributed by atoms with E-state index < -0.39 is 30.2 Å². The summed E-state index contributed by atoms with van der Waals surface area (Å²) in [5, 5.41) is 6.16. The van der Waals surface area contributed by atoms with Gasteiger partial charge in [-0.05, 0) is 29.8 Å². The molecule has 3 rings (SSSR count). The van der Waals surface area contributed by atoms with Crippen molar-refractivity contribution >= 4 is 17.5 Å². The molecule has 0 aliphatic heterocycles. The second kappa shape index (κ2) is 8.52. The second-order valence-corrected chi connectivity index (χ2v) is 6.33. The Bertz CT molecular complexity index is 1020. The monoisotopic (exact) mass is 427 g/mol. The Morgan fingerprint density at radius 1 is 1.14 bits per heavy atom. The zero-order valence-corrected chi connectivity index (χ0v) is 15.5. The highest BCUT2D eigenvalue weighted by Gasteiger charge is 2.35. The van der Waals surface area contributed by atoms with Crippen LogP contribution >= 0.6 is 11.6 Å². The number of nitrogens with zero attached hydrogens (tertiary/aromatic N) is 2. The molecule has 0 saturated heterocycles. The predicted octanol–water partition coefficient (Wildman–Crippen LogP) is 4.38. The molecule has 0 radical (unpaired) electrons. The van der Waals surface area contributed by atoms with Gasteiger partial charge in [0.15, 0.2) is 12.3 Å². The molecule has 1 amide bonds. The van der Waals surface area contributed by atoms with E-state index in [9.17, 15) is 22.4 Å². The van der Waals surface area contributed by atoms with Gasteiger partial charge in [0.2, 0.25) is 5.88 Å². The van der Waals surface area contributed by atoms with Gasteiger partial charge in [0.05, 0.1) is 10.7 Å². The number of carbonyl (C=O) groups is 1. The molecular formula is C19H14ClF4N3O2. The Morgan fingerprint density at radius 3 is 2.59 bits per heavy atom. The standard InChI is InChI=1S/C19H14ClF4N3O2/c20-14-6-1-2-7-15(14)27-18(9-16(26-27)19(22,23)24)29-11-17(28)25-10-12-4-3-5-13(21)8-12/h1-9H,10-11H2,(H,25,28). The largest absolute Gasteiger partial charge is 0.467 e. The highest BCUT2D eigenvalue weighted by Crippen LogP contribution is 2.33. The third-order valence-electron chi connectivity index (χ3n) is 3.78. The van der Waals surface area contributed by atoms with Crippen LogP contribution in [0.3, 0.4) is 0 Å². The van der Waals surface area contributed by atoms with E-state index in [1.165, 1.54) is 30.3 Å². The molecule has 29 heavy (non-hydrogen) atoms. The van der Waals surface area contributed by atoms with Crippen LogP contribution in [0.1, 0.15) is 11.3 Å². The van der Waals surface area contributed by atoms with Crippen molar-refractivity contribution in [2.75, 3.05) is 6.61 Å². The summed E-state index contributed by atoms with van der Waals surface area (Å²) in [5.74, 6) is -1.35. The van der Waals surface area contributed by atoms with Crippen molar-refractivity contribution in [3.8, 4) is 11.6 Å². The maximum Gasteiger partial charge on any atom is 0.435 e. The normalized spacial score (nSPS) is 11.3. The summed E-state index contributed by atoms with van der Waals surface area (Å²) in [5.41, 5.74) is -0.494. The summed E-state index contributed by atoms with van der Waals surface area (Å²) >= 11 is 6.04. The van der Waals surface area contributed by atoms with Crippen LogP contribution in [-0.2, 0) is 17.5 Å². The minimum absolute atomic E-state index is 0.0392. The average Bonchev–Trinajstić information content (AvgIpc) is 3.10. The van der Waals surface area contributed by atoms with Gasteiger partial charge in [-0.3, -0.25) is 4.79 Å². The van der Waals surface area contributed by atoms with Crippen LogP contribution < -0.4 is 10.1 Å². The Labute approximate surface area is 167 Å². The molecule has 2 aromatic carbocycles. The number of nitrogens with one attached hydrogen (secondary N) is 1. The van der Waals surface area contributed by atoms with E-state index in [0.29, 0.717) is 11.6 Å². The molecule has 0 aliphatic carbocycles.